The van der Waals surface area contributed by atoms with Crippen molar-refractivity contribution >= 4 is 5.69 Å². The number of phenols is 1. The van der Waals surface area contributed by atoms with Crippen LogP contribution in [0.1, 0.15) is 12.5 Å². The maximum absolute atomic E-state index is 9.55. The third-order valence-corrected chi connectivity index (χ3v) is 1.93. The van der Waals surface area contributed by atoms with Gasteiger partial charge in [-0.3, -0.25) is 0 Å². The average molecular weight is 165 g/mol. The normalized spacial score (nSPS) is 9.92. The Balaban J connectivity index is 3.20. The smallest absolute Gasteiger partial charge is 0.139 e. The standard InChI is InChI=1S/C10H15NO/c1-4-8-6-5-7-9(12)10(8)11(2)3/h5-7,12H,4H2,1-3H3. The number of anilines is 1. The van der Waals surface area contributed by atoms with E-state index in [2.05, 4.69) is 6.92 Å². The Bertz CT molecular complexity index is 269. The average Bonchev–Trinajstić information content (AvgIpc) is 2.03. The molecule has 0 aliphatic rings. The van der Waals surface area contributed by atoms with Crippen molar-refractivity contribution in [1.29, 1.82) is 0 Å². The highest BCUT2D eigenvalue weighted by Gasteiger charge is 2.06. The van der Waals surface area contributed by atoms with Gasteiger partial charge in [0.2, 0.25) is 0 Å². The van der Waals surface area contributed by atoms with Gasteiger partial charge in [0.05, 0.1) is 5.69 Å². The Morgan fingerprint density at radius 1 is 1.33 bits per heavy atom. The van der Waals surface area contributed by atoms with Crippen molar-refractivity contribution in [3.05, 3.63) is 23.8 Å². The summed E-state index contributed by atoms with van der Waals surface area (Å²) < 4.78 is 0. The van der Waals surface area contributed by atoms with Gasteiger partial charge in [0, 0.05) is 14.1 Å². The zero-order chi connectivity index (χ0) is 9.14. The molecule has 1 rings (SSSR count). The molecule has 66 valence electrons. The Morgan fingerprint density at radius 3 is 2.42 bits per heavy atom. The van der Waals surface area contributed by atoms with Crippen molar-refractivity contribution in [3.63, 3.8) is 0 Å². The molecule has 1 aromatic rings. The number of aromatic hydroxyl groups is 1. The number of rotatable bonds is 2. The van der Waals surface area contributed by atoms with Crippen molar-refractivity contribution in [1.82, 2.24) is 0 Å². The predicted octanol–water partition coefficient (Wildman–Crippen LogP) is 2.02. The summed E-state index contributed by atoms with van der Waals surface area (Å²) in [7, 11) is 3.88. The fourth-order valence-electron chi connectivity index (χ4n) is 1.38. The molecule has 0 spiro atoms. The molecule has 0 aromatic heterocycles. The van der Waals surface area contributed by atoms with Crippen molar-refractivity contribution < 1.29 is 5.11 Å². The number of aryl methyl sites for hydroxylation is 1. The molecule has 0 amide bonds. The zero-order valence-corrected chi connectivity index (χ0v) is 7.83. The van der Waals surface area contributed by atoms with Crippen LogP contribution < -0.4 is 4.90 Å². The number of phenolic OH excluding ortho intramolecular Hbond substituents is 1. The zero-order valence-electron chi connectivity index (χ0n) is 7.83. The summed E-state index contributed by atoms with van der Waals surface area (Å²) in [6.45, 7) is 2.09. The summed E-state index contributed by atoms with van der Waals surface area (Å²) in [4.78, 5) is 1.94. The van der Waals surface area contributed by atoms with Crippen LogP contribution >= 0.6 is 0 Å². The lowest BCUT2D eigenvalue weighted by Crippen LogP contribution is -2.11. The van der Waals surface area contributed by atoms with Gasteiger partial charge in [0.25, 0.3) is 0 Å². The molecular weight excluding hydrogens is 150 g/mol. The molecule has 1 aromatic carbocycles. The van der Waals surface area contributed by atoms with Gasteiger partial charge >= 0.3 is 0 Å². The van der Waals surface area contributed by atoms with Crippen molar-refractivity contribution in [2.75, 3.05) is 19.0 Å². The molecule has 12 heavy (non-hydrogen) atoms. The highest BCUT2D eigenvalue weighted by molar-refractivity contribution is 5.62. The third kappa shape index (κ3) is 1.52. The van der Waals surface area contributed by atoms with Crippen LogP contribution in [-0.2, 0) is 6.42 Å². The molecule has 0 atom stereocenters. The second-order valence-electron chi connectivity index (χ2n) is 3.03. The van der Waals surface area contributed by atoms with E-state index >= 15 is 0 Å². The van der Waals surface area contributed by atoms with E-state index in [0.29, 0.717) is 5.75 Å². The van der Waals surface area contributed by atoms with Gasteiger partial charge in [-0.2, -0.15) is 0 Å². The van der Waals surface area contributed by atoms with E-state index in [4.69, 9.17) is 0 Å². The highest BCUT2D eigenvalue weighted by atomic mass is 16.3. The molecule has 0 heterocycles. The Morgan fingerprint density at radius 2 is 2.00 bits per heavy atom. The lowest BCUT2D eigenvalue weighted by molar-refractivity contribution is 0.475. The molecule has 0 saturated heterocycles. The summed E-state index contributed by atoms with van der Waals surface area (Å²) in [5.74, 6) is 0.361. The minimum absolute atomic E-state index is 0.361. The minimum Gasteiger partial charge on any atom is -0.506 e. The number of hydrogen-bond donors (Lipinski definition) is 1. The first-order chi connectivity index (χ1) is 5.66. The molecule has 0 bridgehead atoms. The molecule has 0 aliphatic carbocycles. The van der Waals surface area contributed by atoms with Crippen LogP contribution in [0.3, 0.4) is 0 Å². The van der Waals surface area contributed by atoms with Gasteiger partial charge in [0.15, 0.2) is 0 Å². The second kappa shape index (κ2) is 3.48. The fourth-order valence-corrected chi connectivity index (χ4v) is 1.38. The summed E-state index contributed by atoms with van der Waals surface area (Å²) >= 11 is 0. The summed E-state index contributed by atoms with van der Waals surface area (Å²) in [5, 5.41) is 9.55. The topological polar surface area (TPSA) is 23.5 Å². The second-order valence-corrected chi connectivity index (χ2v) is 3.03. The van der Waals surface area contributed by atoms with Crippen LogP contribution in [0.5, 0.6) is 5.75 Å². The Labute approximate surface area is 73.4 Å². The van der Waals surface area contributed by atoms with Gasteiger partial charge in [0.1, 0.15) is 5.75 Å². The monoisotopic (exact) mass is 165 g/mol. The largest absolute Gasteiger partial charge is 0.506 e. The van der Waals surface area contributed by atoms with Gasteiger partial charge in [-0.25, -0.2) is 0 Å². The molecule has 0 saturated carbocycles. The number of hydrogen-bond acceptors (Lipinski definition) is 2. The number of nitrogens with zero attached hydrogens (tertiary/aromatic N) is 1. The first-order valence-corrected chi connectivity index (χ1v) is 4.15. The minimum atomic E-state index is 0.361. The lowest BCUT2D eigenvalue weighted by atomic mass is 10.1. The van der Waals surface area contributed by atoms with Crippen LogP contribution in [0.4, 0.5) is 5.69 Å². The van der Waals surface area contributed by atoms with Crippen LogP contribution in [0, 0.1) is 0 Å². The molecule has 0 radical (unpaired) electrons. The quantitative estimate of drug-likeness (QED) is 0.724. The van der Waals surface area contributed by atoms with Crippen molar-refractivity contribution in [3.8, 4) is 5.75 Å². The third-order valence-electron chi connectivity index (χ3n) is 1.93. The van der Waals surface area contributed by atoms with Gasteiger partial charge in [-0.15, -0.1) is 0 Å². The van der Waals surface area contributed by atoms with Crippen LogP contribution in [0.2, 0.25) is 0 Å². The molecule has 0 fully saturated rings. The van der Waals surface area contributed by atoms with E-state index in [0.717, 1.165) is 12.1 Å². The molecular formula is C10H15NO. The summed E-state index contributed by atoms with van der Waals surface area (Å²) in [6.07, 6.45) is 0.946. The molecule has 1 N–H and O–H groups in total. The van der Waals surface area contributed by atoms with E-state index in [9.17, 15) is 5.11 Å². The molecule has 0 unspecified atom stereocenters. The first kappa shape index (κ1) is 8.91. The highest BCUT2D eigenvalue weighted by Crippen LogP contribution is 2.29. The molecule has 2 heteroatoms. The van der Waals surface area contributed by atoms with Crippen LogP contribution in [-0.4, -0.2) is 19.2 Å². The number of benzene rings is 1. The maximum atomic E-state index is 9.55. The molecule has 2 nitrogen and oxygen atoms in total. The van der Waals surface area contributed by atoms with E-state index in [1.165, 1.54) is 5.56 Å². The van der Waals surface area contributed by atoms with Crippen LogP contribution in [0.25, 0.3) is 0 Å². The van der Waals surface area contributed by atoms with Gasteiger partial charge in [-0.1, -0.05) is 19.1 Å². The number of para-hydroxylation sites is 1. The summed E-state index contributed by atoms with van der Waals surface area (Å²) in [5.41, 5.74) is 2.11. The maximum Gasteiger partial charge on any atom is 0.139 e. The van der Waals surface area contributed by atoms with Crippen LogP contribution in [0.15, 0.2) is 18.2 Å². The SMILES string of the molecule is CCc1cccc(O)c1N(C)C. The van der Waals surface area contributed by atoms with E-state index < -0.39 is 0 Å². The van der Waals surface area contributed by atoms with E-state index in [1.54, 1.807) is 6.07 Å². The van der Waals surface area contributed by atoms with Crippen molar-refractivity contribution in [2.24, 2.45) is 0 Å². The fraction of sp³-hybridized carbons (Fsp3) is 0.400. The van der Waals surface area contributed by atoms with E-state index in [-0.39, 0.29) is 0 Å². The molecule has 0 aliphatic heterocycles. The van der Waals surface area contributed by atoms with E-state index in [1.807, 2.05) is 31.1 Å². The van der Waals surface area contributed by atoms with Crippen molar-refractivity contribution in [2.45, 2.75) is 13.3 Å². The first-order valence-electron chi connectivity index (χ1n) is 4.15. The Kier molecular flexibility index (Phi) is 2.58. The Hall–Kier alpha value is -1.18. The van der Waals surface area contributed by atoms with Gasteiger partial charge < -0.3 is 10.0 Å². The lowest BCUT2D eigenvalue weighted by Gasteiger charge is -2.17. The predicted molar refractivity (Wildman–Crippen MR) is 51.8 cm³/mol. The summed E-state index contributed by atoms with van der Waals surface area (Å²) in [6, 6.07) is 5.63. The van der Waals surface area contributed by atoms with Gasteiger partial charge in [-0.05, 0) is 18.1 Å².